The molecule has 1 amide bonds. The van der Waals surface area contributed by atoms with E-state index in [1.807, 2.05) is 31.2 Å². The molecule has 1 saturated carbocycles. The van der Waals surface area contributed by atoms with Crippen LogP contribution in [0.5, 0.6) is 0 Å². The fraction of sp³-hybridized carbons (Fsp3) is 0.421. The van der Waals surface area contributed by atoms with Crippen molar-refractivity contribution in [2.75, 3.05) is 0 Å². The average molecular weight is 393 g/mol. The monoisotopic (exact) mass is 392 g/mol. The van der Waals surface area contributed by atoms with Crippen molar-refractivity contribution in [1.82, 2.24) is 10.3 Å². The molecule has 3 rings (SSSR count). The van der Waals surface area contributed by atoms with Gasteiger partial charge >= 0.3 is 5.97 Å². The van der Waals surface area contributed by atoms with Crippen molar-refractivity contribution >= 4 is 34.8 Å². The molecule has 1 aromatic carbocycles. The number of carboxylic acids is 1. The van der Waals surface area contributed by atoms with Gasteiger partial charge in [-0.05, 0) is 44.7 Å². The number of carbonyl (C=O) groups is 2. The van der Waals surface area contributed by atoms with Gasteiger partial charge in [-0.2, -0.15) is 0 Å². The zero-order chi connectivity index (χ0) is 18.7. The molecule has 1 aromatic heterocycles. The molecule has 0 atom stereocenters. The van der Waals surface area contributed by atoms with Crippen LogP contribution in [-0.2, 0) is 16.1 Å². The highest BCUT2D eigenvalue weighted by Crippen LogP contribution is 2.30. The quantitative estimate of drug-likeness (QED) is 0.795. The van der Waals surface area contributed by atoms with Crippen molar-refractivity contribution in [3.8, 4) is 11.3 Å². The molecule has 0 unspecified atom stereocenters. The van der Waals surface area contributed by atoms with E-state index in [2.05, 4.69) is 10.3 Å². The highest BCUT2D eigenvalue weighted by Gasteiger charge is 2.29. The number of halogens is 1. The lowest BCUT2D eigenvalue weighted by Gasteiger charge is -2.25. The number of aliphatic carboxylic acids is 1. The molecular formula is C19H21ClN2O3S. The number of rotatable bonds is 5. The molecule has 1 fully saturated rings. The minimum atomic E-state index is -0.753. The third-order valence-corrected chi connectivity index (χ3v) is 6.04. The molecule has 1 heterocycles. The van der Waals surface area contributed by atoms with Crippen molar-refractivity contribution < 1.29 is 14.7 Å². The molecule has 2 aromatic rings. The number of benzene rings is 1. The van der Waals surface area contributed by atoms with Crippen molar-refractivity contribution in [1.29, 1.82) is 0 Å². The van der Waals surface area contributed by atoms with E-state index in [-0.39, 0.29) is 17.7 Å². The van der Waals surface area contributed by atoms with Crippen molar-refractivity contribution in [2.24, 2.45) is 11.8 Å². The molecule has 0 spiro atoms. The van der Waals surface area contributed by atoms with Gasteiger partial charge in [0.05, 0.1) is 18.2 Å². The predicted molar refractivity (Wildman–Crippen MR) is 102 cm³/mol. The molecule has 7 heteroatoms. The Morgan fingerprint density at radius 1 is 1.19 bits per heavy atom. The summed E-state index contributed by atoms with van der Waals surface area (Å²) in [5.74, 6) is -1.16. The number of hydrogen-bond acceptors (Lipinski definition) is 4. The minimum Gasteiger partial charge on any atom is -0.481 e. The first-order valence-corrected chi connectivity index (χ1v) is 9.86. The average Bonchev–Trinajstić information content (AvgIpc) is 3.01. The highest BCUT2D eigenvalue weighted by atomic mass is 35.5. The van der Waals surface area contributed by atoms with Crippen LogP contribution in [-0.4, -0.2) is 22.0 Å². The third kappa shape index (κ3) is 4.43. The molecule has 2 N–H and O–H groups in total. The molecule has 26 heavy (non-hydrogen) atoms. The number of nitrogens with one attached hydrogen (secondary N) is 1. The van der Waals surface area contributed by atoms with Gasteiger partial charge in [0.2, 0.25) is 5.91 Å². The number of aryl methyl sites for hydroxylation is 1. The van der Waals surface area contributed by atoms with Gasteiger partial charge in [0, 0.05) is 21.4 Å². The van der Waals surface area contributed by atoms with Crippen LogP contribution in [0.25, 0.3) is 11.3 Å². The summed E-state index contributed by atoms with van der Waals surface area (Å²) in [5.41, 5.74) is 1.92. The summed E-state index contributed by atoms with van der Waals surface area (Å²) >= 11 is 7.50. The van der Waals surface area contributed by atoms with Crippen LogP contribution >= 0.6 is 22.9 Å². The number of aromatic nitrogens is 1. The van der Waals surface area contributed by atoms with Gasteiger partial charge in [-0.15, -0.1) is 11.3 Å². The summed E-state index contributed by atoms with van der Waals surface area (Å²) in [5, 5.41) is 13.5. The van der Waals surface area contributed by atoms with Crippen LogP contribution in [0.4, 0.5) is 0 Å². The fourth-order valence-corrected chi connectivity index (χ4v) is 4.33. The molecule has 0 radical (unpaired) electrons. The molecule has 1 aliphatic rings. The molecule has 0 aliphatic heterocycles. The van der Waals surface area contributed by atoms with E-state index in [0.717, 1.165) is 21.1 Å². The summed E-state index contributed by atoms with van der Waals surface area (Å²) in [6.45, 7) is 2.41. The molecule has 0 bridgehead atoms. The second-order valence-corrected chi connectivity index (χ2v) is 8.35. The largest absolute Gasteiger partial charge is 0.481 e. The first kappa shape index (κ1) is 18.9. The number of carbonyl (C=O) groups excluding carboxylic acids is 1. The first-order valence-electron chi connectivity index (χ1n) is 8.67. The molecule has 0 saturated heterocycles. The van der Waals surface area contributed by atoms with E-state index < -0.39 is 5.97 Å². The lowest BCUT2D eigenvalue weighted by Crippen LogP contribution is -2.34. The van der Waals surface area contributed by atoms with E-state index >= 15 is 0 Å². The molecule has 5 nitrogen and oxygen atoms in total. The van der Waals surface area contributed by atoms with Crippen LogP contribution in [0.3, 0.4) is 0 Å². The Morgan fingerprint density at radius 3 is 2.42 bits per heavy atom. The summed E-state index contributed by atoms with van der Waals surface area (Å²) in [4.78, 5) is 29.1. The van der Waals surface area contributed by atoms with Gasteiger partial charge in [-0.1, -0.05) is 23.7 Å². The Balaban J connectivity index is 1.57. The molecule has 138 valence electrons. The SMILES string of the molecule is Cc1sc(CNC(=O)C2CCC(C(=O)O)CC2)nc1-c1ccc(Cl)cc1. The Morgan fingerprint density at radius 2 is 1.81 bits per heavy atom. The van der Waals surface area contributed by atoms with Gasteiger partial charge in [0.1, 0.15) is 5.01 Å². The number of thiazole rings is 1. The smallest absolute Gasteiger partial charge is 0.306 e. The van der Waals surface area contributed by atoms with Gasteiger partial charge in [0.15, 0.2) is 0 Å². The van der Waals surface area contributed by atoms with E-state index in [1.165, 1.54) is 0 Å². The maximum atomic E-state index is 12.4. The van der Waals surface area contributed by atoms with Gasteiger partial charge in [-0.25, -0.2) is 4.98 Å². The number of amides is 1. The normalized spacial score (nSPS) is 19.9. The standard InChI is InChI=1S/C19H21ClN2O3S/c1-11-17(12-6-8-15(20)9-7-12)22-16(26-11)10-21-18(23)13-2-4-14(5-3-13)19(24)25/h6-9,13-14H,2-5,10H2,1H3,(H,21,23)(H,24,25). The van der Waals surface area contributed by atoms with E-state index in [9.17, 15) is 9.59 Å². The molecule has 1 aliphatic carbocycles. The maximum absolute atomic E-state index is 12.4. The Kier molecular flexibility index (Phi) is 5.94. The highest BCUT2D eigenvalue weighted by molar-refractivity contribution is 7.12. The number of nitrogens with zero attached hydrogens (tertiary/aromatic N) is 1. The van der Waals surface area contributed by atoms with Gasteiger partial charge in [-0.3, -0.25) is 9.59 Å². The Hall–Kier alpha value is -1.92. The van der Waals surface area contributed by atoms with Crippen LogP contribution < -0.4 is 5.32 Å². The predicted octanol–water partition coefficient (Wildman–Crippen LogP) is 4.28. The minimum absolute atomic E-state index is 0.00488. The maximum Gasteiger partial charge on any atom is 0.306 e. The number of hydrogen-bond donors (Lipinski definition) is 2. The summed E-state index contributed by atoms with van der Waals surface area (Å²) in [6, 6.07) is 7.55. The Bertz CT molecular complexity index is 796. The van der Waals surface area contributed by atoms with Crippen LogP contribution in [0.1, 0.15) is 35.6 Å². The van der Waals surface area contributed by atoms with Crippen LogP contribution in [0.2, 0.25) is 5.02 Å². The second-order valence-electron chi connectivity index (χ2n) is 6.62. The zero-order valence-electron chi connectivity index (χ0n) is 14.5. The molecular weight excluding hydrogens is 372 g/mol. The van der Waals surface area contributed by atoms with Gasteiger partial charge < -0.3 is 10.4 Å². The summed E-state index contributed by atoms with van der Waals surface area (Å²) < 4.78 is 0. The van der Waals surface area contributed by atoms with Crippen molar-refractivity contribution in [3.05, 3.63) is 39.2 Å². The zero-order valence-corrected chi connectivity index (χ0v) is 16.1. The van der Waals surface area contributed by atoms with E-state index in [1.54, 1.807) is 11.3 Å². The fourth-order valence-electron chi connectivity index (χ4n) is 3.31. The van der Waals surface area contributed by atoms with Crippen molar-refractivity contribution in [2.45, 2.75) is 39.2 Å². The van der Waals surface area contributed by atoms with Crippen LogP contribution in [0, 0.1) is 18.8 Å². The van der Waals surface area contributed by atoms with E-state index in [0.29, 0.717) is 37.3 Å². The third-order valence-electron chi connectivity index (χ3n) is 4.82. The first-order chi connectivity index (χ1) is 12.4. The van der Waals surface area contributed by atoms with Gasteiger partial charge in [0.25, 0.3) is 0 Å². The number of carboxylic acid groups (broad SMARTS) is 1. The Labute approximate surface area is 161 Å². The lowest BCUT2D eigenvalue weighted by molar-refractivity contribution is -0.144. The van der Waals surface area contributed by atoms with E-state index in [4.69, 9.17) is 16.7 Å². The lowest BCUT2D eigenvalue weighted by atomic mass is 9.81. The topological polar surface area (TPSA) is 79.3 Å². The van der Waals surface area contributed by atoms with Crippen LogP contribution in [0.15, 0.2) is 24.3 Å². The summed E-state index contributed by atoms with van der Waals surface area (Å²) in [6.07, 6.45) is 2.42. The van der Waals surface area contributed by atoms with Crippen molar-refractivity contribution in [3.63, 3.8) is 0 Å². The second kappa shape index (κ2) is 8.18. The summed E-state index contributed by atoms with van der Waals surface area (Å²) in [7, 11) is 0.